The number of nitrogens with one attached hydrogen (secondary N) is 1. The highest BCUT2D eigenvalue weighted by Crippen LogP contribution is 2.28. The van der Waals surface area contributed by atoms with Crippen molar-refractivity contribution in [1.82, 2.24) is 5.32 Å². The van der Waals surface area contributed by atoms with Crippen LogP contribution in [0.25, 0.3) is 0 Å². The number of carbonyl (C=O) groups excluding carboxylic acids is 1. The Morgan fingerprint density at radius 2 is 1.91 bits per heavy atom. The third kappa shape index (κ3) is 4.78. The smallest absolute Gasteiger partial charge is 0.261 e. The Kier molecular flexibility index (Phi) is 6.13. The van der Waals surface area contributed by atoms with E-state index in [-0.39, 0.29) is 5.91 Å². The van der Waals surface area contributed by atoms with Gasteiger partial charge in [0.2, 0.25) is 0 Å². The fourth-order valence-electron chi connectivity index (χ4n) is 1.99. The van der Waals surface area contributed by atoms with Crippen molar-refractivity contribution in [3.63, 3.8) is 0 Å². The van der Waals surface area contributed by atoms with Crippen LogP contribution in [0.4, 0.5) is 0 Å². The van der Waals surface area contributed by atoms with E-state index in [1.165, 1.54) is 0 Å². The molecule has 23 heavy (non-hydrogen) atoms. The summed E-state index contributed by atoms with van der Waals surface area (Å²) in [5.41, 5.74) is 0.889. The van der Waals surface area contributed by atoms with Gasteiger partial charge in [0.1, 0.15) is 11.5 Å². The lowest BCUT2D eigenvalue weighted by Gasteiger charge is -2.16. The molecule has 0 saturated heterocycles. The normalized spacial score (nSPS) is 11.7. The first kappa shape index (κ1) is 17.4. The van der Waals surface area contributed by atoms with Gasteiger partial charge < -0.3 is 14.8 Å². The maximum absolute atomic E-state index is 12.2. The first-order valence-corrected chi connectivity index (χ1v) is 7.78. The maximum atomic E-state index is 12.2. The first-order chi connectivity index (χ1) is 11.0. The lowest BCUT2D eigenvalue weighted by atomic mass is 10.2. The minimum atomic E-state index is -0.691. The lowest BCUT2D eigenvalue weighted by molar-refractivity contribution is -0.127. The fourth-order valence-corrected chi connectivity index (χ4v) is 2.44. The van der Waals surface area contributed by atoms with E-state index in [1.807, 2.05) is 24.3 Å². The molecule has 0 bridgehead atoms. The molecule has 0 aliphatic carbocycles. The number of halogens is 2. The van der Waals surface area contributed by atoms with Crippen LogP contribution in [0, 0.1) is 0 Å². The molecular weight excluding hydrogens is 337 g/mol. The van der Waals surface area contributed by atoms with Gasteiger partial charge in [-0.3, -0.25) is 4.79 Å². The van der Waals surface area contributed by atoms with Crippen LogP contribution in [-0.2, 0) is 11.3 Å². The van der Waals surface area contributed by atoms with Crippen LogP contribution in [0.2, 0.25) is 10.0 Å². The molecule has 0 spiro atoms. The van der Waals surface area contributed by atoms with E-state index in [4.69, 9.17) is 32.7 Å². The summed E-state index contributed by atoms with van der Waals surface area (Å²) >= 11 is 11.9. The molecule has 0 aromatic heterocycles. The molecule has 0 fully saturated rings. The topological polar surface area (TPSA) is 47.6 Å². The zero-order valence-electron chi connectivity index (χ0n) is 12.8. The van der Waals surface area contributed by atoms with Gasteiger partial charge in [-0.15, -0.1) is 0 Å². The van der Waals surface area contributed by atoms with Crippen molar-refractivity contribution in [3.8, 4) is 11.5 Å². The molecule has 1 N–H and O–H groups in total. The number of hydrogen-bond donors (Lipinski definition) is 1. The van der Waals surface area contributed by atoms with Gasteiger partial charge >= 0.3 is 0 Å². The molecule has 1 unspecified atom stereocenters. The predicted octanol–water partition coefficient (Wildman–Crippen LogP) is 4.09. The summed E-state index contributed by atoms with van der Waals surface area (Å²) < 4.78 is 10.8. The number of para-hydroxylation sites is 1. The summed E-state index contributed by atoms with van der Waals surface area (Å²) in [5, 5.41) is 3.68. The second-order valence-corrected chi connectivity index (χ2v) is 5.71. The van der Waals surface area contributed by atoms with Crippen LogP contribution < -0.4 is 14.8 Å². The molecule has 1 atom stereocenters. The van der Waals surface area contributed by atoms with Crippen LogP contribution in [0.1, 0.15) is 12.5 Å². The molecule has 2 rings (SSSR count). The van der Waals surface area contributed by atoms with Crippen molar-refractivity contribution < 1.29 is 14.3 Å². The Labute approximate surface area is 145 Å². The molecule has 0 aliphatic heterocycles. The number of benzene rings is 2. The van der Waals surface area contributed by atoms with Gasteiger partial charge in [0.25, 0.3) is 5.91 Å². The third-order valence-electron chi connectivity index (χ3n) is 3.21. The molecule has 2 aromatic carbocycles. The molecule has 0 saturated carbocycles. The van der Waals surface area contributed by atoms with Crippen molar-refractivity contribution in [3.05, 3.63) is 58.1 Å². The monoisotopic (exact) mass is 353 g/mol. The Bertz CT molecular complexity index is 691. The number of hydrogen-bond acceptors (Lipinski definition) is 3. The van der Waals surface area contributed by atoms with Crippen LogP contribution in [0.3, 0.4) is 0 Å². The molecule has 0 aliphatic rings. The molecule has 0 radical (unpaired) electrons. The van der Waals surface area contributed by atoms with E-state index in [9.17, 15) is 4.79 Å². The van der Waals surface area contributed by atoms with Crippen molar-refractivity contribution in [1.29, 1.82) is 0 Å². The van der Waals surface area contributed by atoms with E-state index in [0.717, 1.165) is 11.3 Å². The summed E-state index contributed by atoms with van der Waals surface area (Å²) in [4.78, 5) is 12.2. The highest BCUT2D eigenvalue weighted by atomic mass is 35.5. The van der Waals surface area contributed by atoms with Gasteiger partial charge in [-0.05, 0) is 31.2 Å². The van der Waals surface area contributed by atoms with Gasteiger partial charge in [0, 0.05) is 17.1 Å². The number of carbonyl (C=O) groups is 1. The van der Waals surface area contributed by atoms with Crippen molar-refractivity contribution in [2.45, 2.75) is 19.6 Å². The molecule has 6 heteroatoms. The predicted molar refractivity (Wildman–Crippen MR) is 91.4 cm³/mol. The minimum Gasteiger partial charge on any atom is -0.496 e. The molecule has 4 nitrogen and oxygen atoms in total. The number of amides is 1. The van der Waals surface area contributed by atoms with Gasteiger partial charge in [-0.2, -0.15) is 0 Å². The van der Waals surface area contributed by atoms with E-state index in [2.05, 4.69) is 5.32 Å². The highest BCUT2D eigenvalue weighted by molar-refractivity contribution is 6.35. The molecule has 2 aromatic rings. The Morgan fingerprint density at radius 3 is 2.61 bits per heavy atom. The molecule has 0 heterocycles. The molecule has 122 valence electrons. The molecular formula is C17H17Cl2NO3. The summed E-state index contributed by atoms with van der Waals surface area (Å²) in [7, 11) is 1.59. The lowest BCUT2D eigenvalue weighted by Crippen LogP contribution is -2.36. The van der Waals surface area contributed by atoms with E-state index >= 15 is 0 Å². The van der Waals surface area contributed by atoms with Crippen LogP contribution in [0.15, 0.2) is 42.5 Å². The number of rotatable bonds is 6. The Balaban J connectivity index is 1.95. The quantitative estimate of drug-likeness (QED) is 0.850. The Morgan fingerprint density at radius 1 is 1.17 bits per heavy atom. The van der Waals surface area contributed by atoms with Gasteiger partial charge in [-0.25, -0.2) is 0 Å². The average molecular weight is 354 g/mol. The SMILES string of the molecule is COc1ccccc1CNC(=O)C(C)Oc1ccc(Cl)cc1Cl. The van der Waals surface area contributed by atoms with Crippen LogP contribution >= 0.6 is 23.2 Å². The summed E-state index contributed by atoms with van der Waals surface area (Å²) in [6, 6.07) is 12.3. The first-order valence-electron chi connectivity index (χ1n) is 7.02. The minimum absolute atomic E-state index is 0.248. The maximum Gasteiger partial charge on any atom is 0.261 e. The van der Waals surface area contributed by atoms with E-state index < -0.39 is 6.10 Å². The summed E-state index contributed by atoms with van der Waals surface area (Å²) in [5.74, 6) is 0.889. The second kappa shape index (κ2) is 8.09. The van der Waals surface area contributed by atoms with E-state index in [1.54, 1.807) is 32.2 Å². The van der Waals surface area contributed by atoms with E-state index in [0.29, 0.717) is 22.3 Å². The number of ether oxygens (including phenoxy) is 2. The fraction of sp³-hybridized carbons (Fsp3) is 0.235. The third-order valence-corrected chi connectivity index (χ3v) is 3.74. The zero-order chi connectivity index (χ0) is 16.8. The Hall–Kier alpha value is -1.91. The summed E-state index contributed by atoms with van der Waals surface area (Å²) in [6.07, 6.45) is -0.691. The van der Waals surface area contributed by atoms with Crippen molar-refractivity contribution >= 4 is 29.1 Å². The highest BCUT2D eigenvalue weighted by Gasteiger charge is 2.16. The summed E-state index contributed by atoms with van der Waals surface area (Å²) in [6.45, 7) is 2.01. The van der Waals surface area contributed by atoms with Crippen molar-refractivity contribution in [2.24, 2.45) is 0 Å². The largest absolute Gasteiger partial charge is 0.496 e. The molecule has 1 amide bonds. The van der Waals surface area contributed by atoms with Gasteiger partial charge in [-0.1, -0.05) is 41.4 Å². The van der Waals surface area contributed by atoms with Gasteiger partial charge in [0.05, 0.1) is 12.1 Å². The standard InChI is InChI=1S/C17H17Cl2NO3/c1-11(23-16-8-7-13(18)9-14(16)19)17(21)20-10-12-5-3-4-6-15(12)22-2/h3-9,11H,10H2,1-2H3,(H,20,21). The van der Waals surface area contributed by atoms with Crippen LogP contribution in [-0.4, -0.2) is 19.1 Å². The zero-order valence-corrected chi connectivity index (χ0v) is 14.3. The average Bonchev–Trinajstić information content (AvgIpc) is 2.55. The van der Waals surface area contributed by atoms with Crippen molar-refractivity contribution in [2.75, 3.05) is 7.11 Å². The van der Waals surface area contributed by atoms with Gasteiger partial charge in [0.15, 0.2) is 6.10 Å². The number of methoxy groups -OCH3 is 1. The van der Waals surface area contributed by atoms with Crippen LogP contribution in [0.5, 0.6) is 11.5 Å². The second-order valence-electron chi connectivity index (χ2n) is 4.86.